The number of carbonyl (C=O) groups is 1. The Morgan fingerprint density at radius 2 is 1.84 bits per heavy atom. The molecule has 3 nitrogen and oxygen atoms in total. The van der Waals surface area contributed by atoms with Gasteiger partial charge in [-0.25, -0.2) is 0 Å². The fraction of sp³-hybridized carbons (Fsp3) is 0.0714. The van der Waals surface area contributed by atoms with Crippen molar-refractivity contribution < 1.29 is 9.90 Å². The lowest BCUT2D eigenvalue weighted by Crippen LogP contribution is -2.11. The molecule has 0 aromatic heterocycles. The normalized spacial score (nSPS) is 10.3. The molecule has 0 unspecified atom stereocenters. The summed E-state index contributed by atoms with van der Waals surface area (Å²) in [6.07, 6.45) is 0. The van der Waals surface area contributed by atoms with Gasteiger partial charge in [0.05, 0.1) is 5.02 Å². The highest BCUT2D eigenvalue weighted by Gasteiger charge is 2.09. The maximum atomic E-state index is 12.0. The number of carbonyl (C=O) groups excluding carboxylic acids is 1. The zero-order chi connectivity index (χ0) is 14.0. The van der Waals surface area contributed by atoms with Gasteiger partial charge in [0.25, 0.3) is 5.91 Å². The van der Waals surface area contributed by atoms with Crippen LogP contribution in [0.25, 0.3) is 0 Å². The minimum atomic E-state index is -0.318. The van der Waals surface area contributed by atoms with Gasteiger partial charge in [-0.1, -0.05) is 29.3 Å². The Kier molecular flexibility index (Phi) is 3.98. The monoisotopic (exact) mass is 295 g/mol. The second-order valence-electron chi connectivity index (χ2n) is 4.08. The Morgan fingerprint density at radius 3 is 2.47 bits per heavy atom. The number of phenolic OH excluding ortho intramolecular Hbond substituents is 1. The zero-order valence-corrected chi connectivity index (χ0v) is 11.6. The van der Waals surface area contributed by atoms with Crippen molar-refractivity contribution in [2.45, 2.75) is 6.92 Å². The van der Waals surface area contributed by atoms with Crippen LogP contribution in [0.15, 0.2) is 36.4 Å². The van der Waals surface area contributed by atoms with E-state index in [1.54, 1.807) is 12.1 Å². The average Bonchev–Trinajstić information content (AvgIpc) is 2.37. The minimum Gasteiger partial charge on any atom is -0.506 e. The van der Waals surface area contributed by atoms with Crippen molar-refractivity contribution in [1.82, 2.24) is 0 Å². The van der Waals surface area contributed by atoms with E-state index in [4.69, 9.17) is 23.2 Å². The predicted molar refractivity (Wildman–Crippen MR) is 77.3 cm³/mol. The Balaban J connectivity index is 2.20. The maximum absolute atomic E-state index is 12.0. The van der Waals surface area contributed by atoms with E-state index in [2.05, 4.69) is 5.32 Å². The SMILES string of the molecule is Cc1ccc(NC(=O)c2ccc(O)c(Cl)c2)cc1Cl. The van der Waals surface area contributed by atoms with E-state index in [1.165, 1.54) is 18.2 Å². The average molecular weight is 296 g/mol. The summed E-state index contributed by atoms with van der Waals surface area (Å²) in [5.74, 6) is -0.376. The molecule has 0 radical (unpaired) electrons. The number of amides is 1. The summed E-state index contributed by atoms with van der Waals surface area (Å²) in [5, 5.41) is 12.7. The fourth-order valence-electron chi connectivity index (χ4n) is 1.52. The molecule has 0 bridgehead atoms. The molecule has 0 aliphatic rings. The van der Waals surface area contributed by atoms with E-state index >= 15 is 0 Å². The van der Waals surface area contributed by atoms with Crippen LogP contribution in [0.2, 0.25) is 10.0 Å². The first-order chi connectivity index (χ1) is 8.97. The molecule has 0 spiro atoms. The van der Waals surface area contributed by atoms with E-state index in [0.29, 0.717) is 16.3 Å². The highest BCUT2D eigenvalue weighted by atomic mass is 35.5. The second-order valence-corrected chi connectivity index (χ2v) is 4.90. The molecule has 0 aliphatic heterocycles. The molecular weight excluding hydrogens is 285 g/mol. The largest absolute Gasteiger partial charge is 0.506 e. The smallest absolute Gasteiger partial charge is 0.255 e. The minimum absolute atomic E-state index is 0.0587. The van der Waals surface area contributed by atoms with Gasteiger partial charge in [0.15, 0.2) is 0 Å². The molecule has 2 rings (SSSR count). The highest BCUT2D eigenvalue weighted by Crippen LogP contribution is 2.25. The van der Waals surface area contributed by atoms with E-state index in [9.17, 15) is 9.90 Å². The number of phenols is 1. The topological polar surface area (TPSA) is 49.3 Å². The van der Waals surface area contributed by atoms with Crippen LogP contribution < -0.4 is 5.32 Å². The highest BCUT2D eigenvalue weighted by molar-refractivity contribution is 6.32. The summed E-state index contributed by atoms with van der Waals surface area (Å²) in [4.78, 5) is 12.0. The van der Waals surface area contributed by atoms with Crippen LogP contribution in [0.4, 0.5) is 5.69 Å². The number of anilines is 1. The van der Waals surface area contributed by atoms with Crippen LogP contribution in [-0.4, -0.2) is 11.0 Å². The molecule has 98 valence electrons. The number of halogens is 2. The standard InChI is InChI=1S/C14H11Cl2NO2/c1-8-2-4-10(7-11(8)15)17-14(19)9-3-5-13(18)12(16)6-9/h2-7,18H,1H3,(H,17,19). The van der Waals surface area contributed by atoms with E-state index in [1.807, 2.05) is 13.0 Å². The van der Waals surface area contributed by atoms with Gasteiger partial charge in [-0.2, -0.15) is 0 Å². The van der Waals surface area contributed by atoms with Crippen molar-refractivity contribution >= 4 is 34.8 Å². The lowest BCUT2D eigenvalue weighted by atomic mass is 10.2. The lowest BCUT2D eigenvalue weighted by Gasteiger charge is -2.07. The van der Waals surface area contributed by atoms with Gasteiger partial charge in [0.2, 0.25) is 0 Å². The third kappa shape index (κ3) is 3.19. The van der Waals surface area contributed by atoms with Crippen LogP contribution in [0.5, 0.6) is 5.75 Å². The van der Waals surface area contributed by atoms with Crippen LogP contribution in [0, 0.1) is 6.92 Å². The summed E-state index contributed by atoms with van der Waals surface area (Å²) in [7, 11) is 0. The summed E-state index contributed by atoms with van der Waals surface area (Å²) in [6, 6.07) is 9.54. The summed E-state index contributed by atoms with van der Waals surface area (Å²) in [5.41, 5.74) is 1.90. The number of aryl methyl sites for hydroxylation is 1. The Labute approximate surface area is 120 Å². The lowest BCUT2D eigenvalue weighted by molar-refractivity contribution is 0.102. The molecule has 0 atom stereocenters. The van der Waals surface area contributed by atoms with Crippen molar-refractivity contribution in [2.75, 3.05) is 5.32 Å². The Morgan fingerprint density at radius 1 is 1.11 bits per heavy atom. The third-order valence-corrected chi connectivity index (χ3v) is 3.35. The molecule has 0 heterocycles. The molecule has 2 N–H and O–H groups in total. The van der Waals surface area contributed by atoms with Gasteiger partial charge in [-0.15, -0.1) is 0 Å². The zero-order valence-electron chi connectivity index (χ0n) is 10.1. The van der Waals surface area contributed by atoms with Gasteiger partial charge in [0, 0.05) is 16.3 Å². The van der Waals surface area contributed by atoms with Crippen molar-refractivity contribution in [3.8, 4) is 5.75 Å². The molecule has 0 aliphatic carbocycles. The van der Waals surface area contributed by atoms with Crippen molar-refractivity contribution in [1.29, 1.82) is 0 Å². The van der Waals surface area contributed by atoms with E-state index < -0.39 is 0 Å². The molecule has 0 saturated carbocycles. The molecule has 1 amide bonds. The number of hydrogen-bond acceptors (Lipinski definition) is 2. The quantitative estimate of drug-likeness (QED) is 0.870. The number of nitrogens with one attached hydrogen (secondary N) is 1. The molecule has 5 heteroatoms. The molecule has 0 fully saturated rings. The molecule has 2 aromatic rings. The van der Waals surface area contributed by atoms with Gasteiger partial charge in [0.1, 0.15) is 5.75 Å². The van der Waals surface area contributed by atoms with E-state index in [-0.39, 0.29) is 16.7 Å². The predicted octanol–water partition coefficient (Wildman–Crippen LogP) is 4.26. The molecule has 0 saturated heterocycles. The van der Waals surface area contributed by atoms with Crippen LogP contribution in [-0.2, 0) is 0 Å². The molecule has 2 aromatic carbocycles. The first-order valence-corrected chi connectivity index (χ1v) is 6.29. The maximum Gasteiger partial charge on any atom is 0.255 e. The van der Waals surface area contributed by atoms with E-state index in [0.717, 1.165) is 5.56 Å². The number of rotatable bonds is 2. The Bertz CT molecular complexity index is 641. The molecular formula is C14H11Cl2NO2. The summed E-state index contributed by atoms with van der Waals surface area (Å²) >= 11 is 11.7. The summed E-state index contributed by atoms with van der Waals surface area (Å²) in [6.45, 7) is 1.88. The van der Waals surface area contributed by atoms with Gasteiger partial charge in [-0.05, 0) is 42.8 Å². The Hall–Kier alpha value is -1.71. The number of aromatic hydroxyl groups is 1. The van der Waals surface area contributed by atoms with Crippen molar-refractivity contribution in [3.63, 3.8) is 0 Å². The van der Waals surface area contributed by atoms with Crippen molar-refractivity contribution in [2.24, 2.45) is 0 Å². The van der Waals surface area contributed by atoms with Gasteiger partial charge in [-0.3, -0.25) is 4.79 Å². The summed E-state index contributed by atoms with van der Waals surface area (Å²) < 4.78 is 0. The third-order valence-electron chi connectivity index (χ3n) is 2.64. The van der Waals surface area contributed by atoms with Gasteiger partial charge >= 0.3 is 0 Å². The molecule has 19 heavy (non-hydrogen) atoms. The number of benzene rings is 2. The van der Waals surface area contributed by atoms with Crippen molar-refractivity contribution in [3.05, 3.63) is 57.6 Å². The first-order valence-electron chi connectivity index (χ1n) is 5.53. The number of hydrogen-bond donors (Lipinski definition) is 2. The first kappa shape index (κ1) is 13.7. The second kappa shape index (κ2) is 5.51. The van der Waals surface area contributed by atoms with Crippen LogP contribution >= 0.6 is 23.2 Å². The fourth-order valence-corrected chi connectivity index (χ4v) is 1.88. The van der Waals surface area contributed by atoms with Crippen LogP contribution in [0.1, 0.15) is 15.9 Å². The van der Waals surface area contributed by atoms with Gasteiger partial charge < -0.3 is 10.4 Å². The van der Waals surface area contributed by atoms with Crippen LogP contribution in [0.3, 0.4) is 0 Å².